The molecule has 28 heavy (non-hydrogen) atoms. The summed E-state index contributed by atoms with van der Waals surface area (Å²) >= 11 is 0. The van der Waals surface area contributed by atoms with Crippen LogP contribution in [0.25, 0.3) is 11.3 Å². The maximum Gasteiger partial charge on any atom is 0.119 e. The van der Waals surface area contributed by atoms with Crippen molar-refractivity contribution >= 4 is 0 Å². The van der Waals surface area contributed by atoms with Gasteiger partial charge in [0, 0.05) is 11.8 Å². The Balaban J connectivity index is 1.46. The first kappa shape index (κ1) is 20.9. The van der Waals surface area contributed by atoms with Crippen LogP contribution in [0.2, 0.25) is 0 Å². The fraction of sp³-hybridized carbons (Fsp3) is 0.577. The maximum absolute atomic E-state index is 6.09. The Bertz CT molecular complexity index is 669. The van der Waals surface area contributed by atoms with Crippen LogP contribution in [0.3, 0.4) is 0 Å². The highest BCUT2D eigenvalue weighted by atomic mass is 16.5. The Kier molecular flexibility index (Phi) is 8.39. The zero-order chi connectivity index (χ0) is 19.6. The van der Waals surface area contributed by atoms with Gasteiger partial charge in [0.25, 0.3) is 0 Å². The lowest BCUT2D eigenvalue weighted by Crippen LogP contribution is -2.20. The van der Waals surface area contributed by atoms with E-state index in [4.69, 9.17) is 4.74 Å². The third-order valence-corrected chi connectivity index (χ3v) is 6.19. The number of nitrogens with zero attached hydrogens (tertiary/aromatic N) is 1. The van der Waals surface area contributed by atoms with Crippen molar-refractivity contribution in [3.63, 3.8) is 0 Å². The average Bonchev–Trinajstić information content (AvgIpc) is 2.75. The van der Waals surface area contributed by atoms with E-state index in [1.807, 2.05) is 6.20 Å². The van der Waals surface area contributed by atoms with E-state index in [0.29, 0.717) is 0 Å². The summed E-state index contributed by atoms with van der Waals surface area (Å²) in [6, 6.07) is 12.8. The first-order chi connectivity index (χ1) is 13.8. The molecule has 2 aromatic rings. The van der Waals surface area contributed by atoms with Crippen LogP contribution in [-0.2, 0) is 6.42 Å². The highest BCUT2D eigenvalue weighted by molar-refractivity contribution is 5.60. The van der Waals surface area contributed by atoms with Gasteiger partial charge in [-0.3, -0.25) is 4.98 Å². The molecule has 0 spiro atoms. The average molecular weight is 380 g/mol. The van der Waals surface area contributed by atoms with Gasteiger partial charge in [0.15, 0.2) is 0 Å². The molecule has 152 valence electrons. The van der Waals surface area contributed by atoms with Gasteiger partial charge in [-0.1, -0.05) is 58.4 Å². The number of rotatable bonds is 10. The summed E-state index contributed by atoms with van der Waals surface area (Å²) in [4.78, 5) is 4.66. The lowest BCUT2D eigenvalue weighted by atomic mass is 9.80. The van der Waals surface area contributed by atoms with Crippen molar-refractivity contribution < 1.29 is 4.74 Å². The summed E-state index contributed by atoms with van der Waals surface area (Å²) in [6.45, 7) is 5.41. The molecule has 0 N–H and O–H groups in total. The number of hydrogen-bond acceptors (Lipinski definition) is 2. The maximum atomic E-state index is 6.09. The molecule has 0 unspecified atom stereocenters. The number of pyridine rings is 1. The van der Waals surface area contributed by atoms with Crippen molar-refractivity contribution in [1.29, 1.82) is 0 Å². The largest absolute Gasteiger partial charge is 0.493 e. The number of unbranched alkanes of at least 4 members (excludes halogenated alkanes) is 2. The highest BCUT2D eigenvalue weighted by Crippen LogP contribution is 2.32. The molecule has 1 aliphatic rings. The molecule has 1 aliphatic carbocycles. The van der Waals surface area contributed by atoms with Crippen LogP contribution in [0, 0.1) is 11.8 Å². The molecule has 1 aromatic heterocycles. The summed E-state index contributed by atoms with van der Waals surface area (Å²) in [5.41, 5.74) is 3.54. The fourth-order valence-electron chi connectivity index (χ4n) is 4.35. The lowest BCUT2D eigenvalue weighted by molar-refractivity contribution is 0.178. The van der Waals surface area contributed by atoms with Crippen molar-refractivity contribution in [2.45, 2.75) is 78.1 Å². The van der Waals surface area contributed by atoms with Crippen molar-refractivity contribution in [3.05, 3.63) is 48.2 Å². The van der Waals surface area contributed by atoms with E-state index in [-0.39, 0.29) is 0 Å². The molecule has 1 fully saturated rings. The molecular weight excluding hydrogens is 342 g/mol. The molecule has 0 atom stereocenters. The molecule has 1 aromatic carbocycles. The van der Waals surface area contributed by atoms with Crippen LogP contribution in [0.5, 0.6) is 5.75 Å². The van der Waals surface area contributed by atoms with Crippen molar-refractivity contribution in [1.82, 2.24) is 4.98 Å². The van der Waals surface area contributed by atoms with E-state index in [1.165, 1.54) is 63.4 Å². The minimum absolute atomic E-state index is 0.731. The third kappa shape index (κ3) is 6.36. The van der Waals surface area contributed by atoms with E-state index in [1.54, 1.807) is 0 Å². The molecule has 0 bridgehead atoms. The van der Waals surface area contributed by atoms with E-state index in [0.717, 1.165) is 41.9 Å². The van der Waals surface area contributed by atoms with Crippen LogP contribution >= 0.6 is 0 Å². The summed E-state index contributed by atoms with van der Waals surface area (Å²) in [5.74, 6) is 2.68. The quantitative estimate of drug-likeness (QED) is 0.399. The van der Waals surface area contributed by atoms with Crippen LogP contribution in [-0.4, -0.2) is 11.6 Å². The normalized spacial score (nSPS) is 19.5. The van der Waals surface area contributed by atoms with E-state index in [2.05, 4.69) is 55.2 Å². The van der Waals surface area contributed by atoms with Crippen molar-refractivity contribution in [2.24, 2.45) is 11.8 Å². The summed E-state index contributed by atoms with van der Waals surface area (Å²) in [5, 5.41) is 0. The summed E-state index contributed by atoms with van der Waals surface area (Å²) in [6.07, 6.45) is 15.2. The SMILES string of the molecule is CCCCCc1ccc(-c2ccc(OC[C@H]3CC[C@H](CCC)CC3)cc2)nc1. The van der Waals surface area contributed by atoms with Crippen molar-refractivity contribution in [3.8, 4) is 17.0 Å². The smallest absolute Gasteiger partial charge is 0.119 e. The number of benzene rings is 1. The molecule has 2 nitrogen and oxygen atoms in total. The Morgan fingerprint density at radius 2 is 1.61 bits per heavy atom. The van der Waals surface area contributed by atoms with Crippen LogP contribution < -0.4 is 4.74 Å². The van der Waals surface area contributed by atoms with Gasteiger partial charge in [0.2, 0.25) is 0 Å². The molecule has 0 amide bonds. The second-order valence-corrected chi connectivity index (χ2v) is 8.52. The first-order valence-electron chi connectivity index (χ1n) is 11.5. The Morgan fingerprint density at radius 3 is 2.25 bits per heavy atom. The van der Waals surface area contributed by atoms with Gasteiger partial charge in [-0.25, -0.2) is 0 Å². The number of aryl methyl sites for hydroxylation is 1. The topological polar surface area (TPSA) is 22.1 Å². The Morgan fingerprint density at radius 1 is 0.857 bits per heavy atom. The molecule has 0 aliphatic heterocycles. The van der Waals surface area contributed by atoms with Crippen LogP contribution in [0.1, 0.15) is 77.2 Å². The van der Waals surface area contributed by atoms with Gasteiger partial charge in [-0.15, -0.1) is 0 Å². The summed E-state index contributed by atoms with van der Waals surface area (Å²) in [7, 11) is 0. The standard InChI is InChI=1S/C26H37NO/c1-3-5-6-8-22-13-18-26(27-19-22)24-14-16-25(17-15-24)28-20-23-11-9-21(7-4-2)10-12-23/h13-19,21,23H,3-12,20H2,1-2H3/t21-,23-. The predicted octanol–water partition coefficient (Wildman–Crippen LogP) is 7.47. The molecular formula is C26H37NO. The lowest BCUT2D eigenvalue weighted by Gasteiger charge is -2.28. The van der Waals surface area contributed by atoms with Gasteiger partial charge < -0.3 is 4.74 Å². The molecule has 1 saturated carbocycles. The van der Waals surface area contributed by atoms with Gasteiger partial charge in [0.1, 0.15) is 5.75 Å². The Labute approximate surface area is 171 Å². The second-order valence-electron chi connectivity index (χ2n) is 8.52. The Hall–Kier alpha value is -1.83. The first-order valence-corrected chi connectivity index (χ1v) is 11.5. The molecule has 1 heterocycles. The van der Waals surface area contributed by atoms with E-state index >= 15 is 0 Å². The van der Waals surface area contributed by atoms with Gasteiger partial charge in [-0.05, 0) is 73.4 Å². The minimum Gasteiger partial charge on any atom is -0.493 e. The number of aromatic nitrogens is 1. The molecule has 0 saturated heterocycles. The third-order valence-electron chi connectivity index (χ3n) is 6.19. The van der Waals surface area contributed by atoms with Crippen molar-refractivity contribution in [2.75, 3.05) is 6.61 Å². The van der Waals surface area contributed by atoms with E-state index < -0.39 is 0 Å². The molecule has 0 radical (unpaired) electrons. The molecule has 2 heteroatoms. The highest BCUT2D eigenvalue weighted by Gasteiger charge is 2.20. The fourth-order valence-corrected chi connectivity index (χ4v) is 4.35. The number of ether oxygens (including phenoxy) is 1. The second kappa shape index (κ2) is 11.2. The minimum atomic E-state index is 0.731. The van der Waals surface area contributed by atoms with Crippen LogP contribution in [0.15, 0.2) is 42.6 Å². The van der Waals surface area contributed by atoms with Gasteiger partial charge in [0.05, 0.1) is 12.3 Å². The monoisotopic (exact) mass is 379 g/mol. The van der Waals surface area contributed by atoms with Gasteiger partial charge >= 0.3 is 0 Å². The van der Waals surface area contributed by atoms with Gasteiger partial charge in [-0.2, -0.15) is 0 Å². The zero-order valence-corrected chi connectivity index (χ0v) is 17.8. The summed E-state index contributed by atoms with van der Waals surface area (Å²) < 4.78 is 6.09. The number of hydrogen-bond donors (Lipinski definition) is 0. The predicted molar refractivity (Wildman–Crippen MR) is 119 cm³/mol. The van der Waals surface area contributed by atoms with Crippen LogP contribution in [0.4, 0.5) is 0 Å². The van der Waals surface area contributed by atoms with E-state index in [9.17, 15) is 0 Å². The molecule has 3 rings (SSSR count). The zero-order valence-electron chi connectivity index (χ0n) is 17.8.